The fourth-order valence-electron chi connectivity index (χ4n) is 1.66. The average Bonchev–Trinajstić information content (AvgIpc) is 2.76. The van der Waals surface area contributed by atoms with Crippen molar-refractivity contribution in [1.29, 1.82) is 5.26 Å². The predicted octanol–water partition coefficient (Wildman–Crippen LogP) is 2.34. The van der Waals surface area contributed by atoms with Crippen LogP contribution in [-0.2, 0) is 16.4 Å². The number of aryl methyl sites for hydroxylation is 1. The molecule has 20 heavy (non-hydrogen) atoms. The van der Waals surface area contributed by atoms with E-state index < -0.39 is 9.84 Å². The molecule has 0 radical (unpaired) electrons. The zero-order chi connectivity index (χ0) is 14.8. The van der Waals surface area contributed by atoms with Crippen molar-refractivity contribution in [3.63, 3.8) is 0 Å². The summed E-state index contributed by atoms with van der Waals surface area (Å²) >= 11 is 1.25. The van der Waals surface area contributed by atoms with Gasteiger partial charge in [0.1, 0.15) is 16.6 Å². The Morgan fingerprint density at radius 1 is 1.35 bits per heavy atom. The molecule has 0 aliphatic carbocycles. The van der Waals surface area contributed by atoms with Crippen molar-refractivity contribution >= 4 is 26.4 Å². The highest BCUT2D eigenvalue weighted by Crippen LogP contribution is 2.24. The Hall–Kier alpha value is -1.91. The first kappa shape index (κ1) is 14.5. The number of hydrogen-bond donors (Lipinski definition) is 1. The highest BCUT2D eigenvalue weighted by Gasteiger charge is 2.10. The summed E-state index contributed by atoms with van der Waals surface area (Å²) < 4.78 is 26.8. The zero-order valence-electron chi connectivity index (χ0n) is 11.0. The van der Waals surface area contributed by atoms with Crippen molar-refractivity contribution in [1.82, 2.24) is 4.37 Å². The maximum absolute atomic E-state index is 11.4. The van der Waals surface area contributed by atoms with Crippen LogP contribution in [0.5, 0.6) is 0 Å². The maximum atomic E-state index is 11.4. The molecule has 0 unspecified atom stereocenters. The van der Waals surface area contributed by atoms with Gasteiger partial charge < -0.3 is 5.32 Å². The normalized spacial score (nSPS) is 11.1. The molecule has 0 fully saturated rings. The van der Waals surface area contributed by atoms with Crippen LogP contribution in [0.2, 0.25) is 0 Å². The molecule has 0 spiro atoms. The molecule has 1 N–H and O–H groups in total. The molecule has 0 saturated carbocycles. The second-order valence-electron chi connectivity index (χ2n) is 4.35. The first-order valence-electron chi connectivity index (χ1n) is 5.81. The molecule has 7 heteroatoms. The Kier molecular flexibility index (Phi) is 4.06. The minimum absolute atomic E-state index is 0.299. The van der Waals surface area contributed by atoms with E-state index in [9.17, 15) is 8.42 Å². The highest BCUT2D eigenvalue weighted by atomic mass is 32.2. The Balaban J connectivity index is 2.10. The topological polar surface area (TPSA) is 82.8 Å². The monoisotopic (exact) mass is 307 g/mol. The summed E-state index contributed by atoms with van der Waals surface area (Å²) in [6, 6.07) is 8.78. The van der Waals surface area contributed by atoms with Crippen molar-refractivity contribution in [2.45, 2.75) is 18.4 Å². The van der Waals surface area contributed by atoms with E-state index in [-0.39, 0.29) is 0 Å². The molecule has 2 aromatic rings. The van der Waals surface area contributed by atoms with Crippen LogP contribution >= 0.6 is 11.5 Å². The van der Waals surface area contributed by atoms with Gasteiger partial charge in [0.05, 0.1) is 10.6 Å². The summed E-state index contributed by atoms with van der Waals surface area (Å²) in [4.78, 5) is 0.299. The Morgan fingerprint density at radius 2 is 2.00 bits per heavy atom. The molecule has 0 aliphatic rings. The predicted molar refractivity (Wildman–Crippen MR) is 78.4 cm³/mol. The van der Waals surface area contributed by atoms with Crippen LogP contribution in [0.15, 0.2) is 29.2 Å². The summed E-state index contributed by atoms with van der Waals surface area (Å²) in [5.74, 6) is 0. The molecular weight excluding hydrogens is 294 g/mol. The highest BCUT2D eigenvalue weighted by molar-refractivity contribution is 7.90. The standard InChI is InChI=1S/C13H13N3O2S2/c1-9-12(7-14)13(19-16-9)15-8-10-3-5-11(6-4-10)20(2,17)18/h3-6,15H,8H2,1-2H3. The fourth-order valence-corrected chi connectivity index (χ4v) is 3.03. The number of aromatic nitrogens is 1. The van der Waals surface area contributed by atoms with Crippen LogP contribution in [0, 0.1) is 18.3 Å². The quantitative estimate of drug-likeness (QED) is 0.937. The molecule has 0 atom stereocenters. The molecule has 0 bridgehead atoms. The number of nitrogens with zero attached hydrogens (tertiary/aromatic N) is 2. The van der Waals surface area contributed by atoms with Crippen molar-refractivity contribution in [2.24, 2.45) is 0 Å². The third-order valence-corrected chi connectivity index (χ3v) is 4.80. The molecular formula is C13H13N3O2S2. The molecule has 0 aliphatic heterocycles. The lowest BCUT2D eigenvalue weighted by Crippen LogP contribution is -2.01. The second-order valence-corrected chi connectivity index (χ2v) is 7.14. The van der Waals surface area contributed by atoms with Gasteiger partial charge in [0.15, 0.2) is 9.84 Å². The van der Waals surface area contributed by atoms with E-state index in [0.717, 1.165) is 10.6 Å². The lowest BCUT2D eigenvalue weighted by Gasteiger charge is -2.05. The van der Waals surface area contributed by atoms with E-state index in [1.54, 1.807) is 31.2 Å². The Morgan fingerprint density at radius 3 is 2.55 bits per heavy atom. The average molecular weight is 307 g/mol. The van der Waals surface area contributed by atoms with Crippen molar-refractivity contribution in [3.8, 4) is 6.07 Å². The van der Waals surface area contributed by atoms with E-state index in [2.05, 4.69) is 15.8 Å². The van der Waals surface area contributed by atoms with Gasteiger partial charge in [0.2, 0.25) is 0 Å². The van der Waals surface area contributed by atoms with Gasteiger partial charge in [-0.25, -0.2) is 8.42 Å². The lowest BCUT2D eigenvalue weighted by atomic mass is 10.2. The SMILES string of the molecule is Cc1nsc(NCc2ccc(S(C)(=O)=O)cc2)c1C#N. The number of sulfone groups is 1. The van der Waals surface area contributed by atoms with Crippen LogP contribution in [0.25, 0.3) is 0 Å². The largest absolute Gasteiger partial charge is 0.370 e. The molecule has 1 aromatic heterocycles. The third-order valence-electron chi connectivity index (χ3n) is 2.78. The van der Waals surface area contributed by atoms with Gasteiger partial charge in [0, 0.05) is 12.8 Å². The van der Waals surface area contributed by atoms with Crippen LogP contribution in [-0.4, -0.2) is 19.0 Å². The summed E-state index contributed by atoms with van der Waals surface area (Å²) in [6.45, 7) is 2.31. The van der Waals surface area contributed by atoms with Crippen LogP contribution in [0.4, 0.5) is 5.00 Å². The van der Waals surface area contributed by atoms with Crippen LogP contribution in [0.3, 0.4) is 0 Å². The van der Waals surface area contributed by atoms with E-state index in [4.69, 9.17) is 5.26 Å². The zero-order valence-corrected chi connectivity index (χ0v) is 12.7. The third kappa shape index (κ3) is 3.15. The van der Waals surface area contributed by atoms with Gasteiger partial charge in [-0.1, -0.05) is 12.1 Å². The van der Waals surface area contributed by atoms with Crippen molar-refractivity contribution in [2.75, 3.05) is 11.6 Å². The van der Waals surface area contributed by atoms with Gasteiger partial charge in [0.25, 0.3) is 0 Å². The van der Waals surface area contributed by atoms with Crippen LogP contribution < -0.4 is 5.32 Å². The summed E-state index contributed by atoms with van der Waals surface area (Å²) in [5, 5.41) is 12.9. The lowest BCUT2D eigenvalue weighted by molar-refractivity contribution is 0.602. The summed E-state index contributed by atoms with van der Waals surface area (Å²) in [5.41, 5.74) is 2.21. The number of benzene rings is 1. The first-order chi connectivity index (χ1) is 9.41. The van der Waals surface area contributed by atoms with E-state index in [1.165, 1.54) is 17.8 Å². The molecule has 104 valence electrons. The van der Waals surface area contributed by atoms with E-state index >= 15 is 0 Å². The fraction of sp³-hybridized carbons (Fsp3) is 0.231. The smallest absolute Gasteiger partial charge is 0.175 e. The van der Waals surface area contributed by atoms with Crippen LogP contribution in [0.1, 0.15) is 16.8 Å². The second kappa shape index (κ2) is 5.61. The first-order valence-corrected chi connectivity index (χ1v) is 8.47. The van der Waals surface area contributed by atoms with Gasteiger partial charge in [-0.2, -0.15) is 9.64 Å². The molecule has 1 heterocycles. The van der Waals surface area contributed by atoms with E-state index in [1.807, 2.05) is 0 Å². The molecule has 0 saturated heterocycles. The minimum Gasteiger partial charge on any atom is -0.370 e. The van der Waals surface area contributed by atoms with Crippen molar-refractivity contribution < 1.29 is 8.42 Å². The van der Waals surface area contributed by atoms with Gasteiger partial charge in [-0.15, -0.1) is 0 Å². The molecule has 0 amide bonds. The number of nitrogens with one attached hydrogen (secondary N) is 1. The van der Waals surface area contributed by atoms with Gasteiger partial charge >= 0.3 is 0 Å². The number of nitriles is 1. The number of rotatable bonds is 4. The summed E-state index contributed by atoms with van der Waals surface area (Å²) in [6.07, 6.45) is 1.18. The number of anilines is 1. The maximum Gasteiger partial charge on any atom is 0.175 e. The van der Waals surface area contributed by atoms with Gasteiger partial charge in [-0.05, 0) is 36.2 Å². The van der Waals surface area contributed by atoms with Gasteiger partial charge in [-0.3, -0.25) is 0 Å². The molecule has 2 rings (SSSR count). The molecule has 1 aromatic carbocycles. The van der Waals surface area contributed by atoms with Crippen molar-refractivity contribution in [3.05, 3.63) is 41.1 Å². The Labute approximate surface area is 122 Å². The summed E-state index contributed by atoms with van der Waals surface area (Å²) in [7, 11) is -3.17. The number of hydrogen-bond acceptors (Lipinski definition) is 6. The van der Waals surface area contributed by atoms with E-state index in [0.29, 0.717) is 22.7 Å². The minimum atomic E-state index is -3.17. The molecule has 5 nitrogen and oxygen atoms in total. The Bertz CT molecular complexity index is 756.